The minimum atomic E-state index is -3.92. The number of hydrogen-bond acceptors (Lipinski definition) is 3. The first-order valence-electron chi connectivity index (χ1n) is 14.6. The molecule has 208 valence electrons. The highest BCUT2D eigenvalue weighted by Crippen LogP contribution is 2.24. The highest BCUT2D eigenvalue weighted by Gasteiger charge is 2.24. The summed E-state index contributed by atoms with van der Waals surface area (Å²) in [5.41, 5.74) is 2.85. The van der Waals surface area contributed by atoms with Crippen LogP contribution in [0, 0.1) is 0 Å². The summed E-state index contributed by atoms with van der Waals surface area (Å²) in [5, 5.41) is 2.88. The van der Waals surface area contributed by atoms with E-state index in [-0.39, 0.29) is 0 Å². The smallest absolute Gasteiger partial charge is 0.307 e. The van der Waals surface area contributed by atoms with Crippen LogP contribution in [0.5, 0.6) is 0 Å². The van der Waals surface area contributed by atoms with Crippen LogP contribution in [0.1, 0.15) is 129 Å². The van der Waals surface area contributed by atoms with Gasteiger partial charge in [-0.1, -0.05) is 123 Å². The van der Waals surface area contributed by atoms with E-state index in [4.69, 9.17) is 0 Å². The van der Waals surface area contributed by atoms with E-state index in [1.807, 2.05) is 18.2 Å². The van der Waals surface area contributed by atoms with Gasteiger partial charge in [0.25, 0.3) is 0 Å². The molecule has 0 radical (unpaired) electrons. The third-order valence-corrected chi connectivity index (χ3v) is 8.09. The summed E-state index contributed by atoms with van der Waals surface area (Å²) >= 11 is 0. The monoisotopic (exact) mass is 523 g/mol. The molecule has 0 aliphatic heterocycles. The van der Waals surface area contributed by atoms with E-state index in [1.165, 1.54) is 42.8 Å². The van der Waals surface area contributed by atoms with Crippen molar-refractivity contribution < 1.29 is 13.2 Å². The molecule has 0 aliphatic rings. The third-order valence-electron chi connectivity index (χ3n) is 6.60. The molecule has 0 bridgehead atoms. The topological polar surface area (TPSA) is 78.5 Å². The molecule has 6 nitrogen and oxygen atoms in total. The maximum Gasteiger partial charge on any atom is 0.333 e. The summed E-state index contributed by atoms with van der Waals surface area (Å²) in [5.74, 6) is 0. The molecular formula is C29H53N3O3S. The number of para-hydroxylation sites is 1. The van der Waals surface area contributed by atoms with Crippen molar-refractivity contribution in [3.8, 4) is 0 Å². The number of carbonyl (C=O) groups excluding carboxylic acids is 1. The minimum Gasteiger partial charge on any atom is -0.307 e. The van der Waals surface area contributed by atoms with Crippen molar-refractivity contribution in [1.29, 1.82) is 0 Å². The average molecular weight is 524 g/mol. The first-order valence-corrected chi connectivity index (χ1v) is 16.0. The van der Waals surface area contributed by atoms with Crippen molar-refractivity contribution in [2.24, 2.45) is 0 Å². The first kappa shape index (κ1) is 32.4. The number of amides is 2. The van der Waals surface area contributed by atoms with Crippen molar-refractivity contribution in [3.63, 3.8) is 0 Å². The minimum absolute atomic E-state index is 0.456. The molecule has 0 fully saturated rings. The van der Waals surface area contributed by atoms with Crippen molar-refractivity contribution >= 4 is 21.9 Å². The van der Waals surface area contributed by atoms with Crippen molar-refractivity contribution in [2.75, 3.05) is 18.4 Å². The van der Waals surface area contributed by atoms with Gasteiger partial charge in [-0.15, -0.1) is 0 Å². The molecule has 2 amide bonds. The Kier molecular flexibility index (Phi) is 17.6. The fourth-order valence-electron chi connectivity index (χ4n) is 4.58. The van der Waals surface area contributed by atoms with E-state index in [0.29, 0.717) is 13.1 Å². The fourth-order valence-corrected chi connectivity index (χ4v) is 5.73. The van der Waals surface area contributed by atoms with E-state index in [2.05, 4.69) is 37.7 Å². The molecule has 0 unspecified atom stereocenters. The predicted molar refractivity (Wildman–Crippen MR) is 154 cm³/mol. The van der Waals surface area contributed by atoms with E-state index in [1.54, 1.807) is 0 Å². The van der Waals surface area contributed by atoms with E-state index < -0.39 is 16.2 Å². The van der Waals surface area contributed by atoms with Gasteiger partial charge in [-0.2, -0.15) is 12.7 Å². The number of nitrogens with zero attached hydrogens (tertiary/aromatic N) is 1. The average Bonchev–Trinajstić information content (AvgIpc) is 2.83. The third kappa shape index (κ3) is 13.1. The summed E-state index contributed by atoms with van der Waals surface area (Å²) < 4.78 is 30.3. The van der Waals surface area contributed by atoms with E-state index >= 15 is 0 Å². The van der Waals surface area contributed by atoms with Gasteiger partial charge in [0.1, 0.15) is 0 Å². The number of benzene rings is 1. The van der Waals surface area contributed by atoms with E-state index in [9.17, 15) is 13.2 Å². The molecule has 0 heterocycles. The number of unbranched alkanes of at least 4 members (excludes halogenated alkanes) is 10. The van der Waals surface area contributed by atoms with Crippen LogP contribution in [0.3, 0.4) is 0 Å². The second-order valence-corrected chi connectivity index (χ2v) is 11.6. The number of nitrogens with one attached hydrogen (secondary N) is 2. The zero-order chi connectivity index (χ0) is 26.7. The molecule has 1 aromatic rings. The van der Waals surface area contributed by atoms with E-state index in [0.717, 1.165) is 81.0 Å². The normalized spacial score (nSPS) is 11.7. The largest absolute Gasteiger partial charge is 0.333 e. The Morgan fingerprint density at radius 1 is 0.694 bits per heavy atom. The summed E-state index contributed by atoms with van der Waals surface area (Å²) in [6.07, 6.45) is 16.7. The van der Waals surface area contributed by atoms with Crippen molar-refractivity contribution in [3.05, 3.63) is 29.3 Å². The van der Waals surface area contributed by atoms with Crippen LogP contribution in [-0.2, 0) is 23.1 Å². The number of aryl methyl sites for hydroxylation is 2. The summed E-state index contributed by atoms with van der Waals surface area (Å²) in [7, 11) is -3.92. The van der Waals surface area contributed by atoms with Gasteiger partial charge in [0, 0.05) is 18.8 Å². The Bertz CT molecular complexity index is 787. The molecule has 0 atom stereocenters. The molecule has 0 saturated heterocycles. The number of carbonyl (C=O) groups is 1. The maximum absolute atomic E-state index is 13.2. The molecule has 36 heavy (non-hydrogen) atoms. The van der Waals surface area contributed by atoms with Gasteiger partial charge in [0.15, 0.2) is 0 Å². The molecule has 1 aromatic carbocycles. The highest BCUT2D eigenvalue weighted by molar-refractivity contribution is 7.87. The second-order valence-electron chi connectivity index (χ2n) is 9.95. The van der Waals surface area contributed by atoms with Gasteiger partial charge in [0.2, 0.25) is 0 Å². The van der Waals surface area contributed by atoms with Crippen LogP contribution in [0.4, 0.5) is 10.5 Å². The Labute approximate surface area is 222 Å². The Hall–Kier alpha value is -1.60. The Morgan fingerprint density at radius 2 is 1.14 bits per heavy atom. The maximum atomic E-state index is 13.2. The zero-order valence-corrected chi connectivity index (χ0v) is 24.4. The zero-order valence-electron chi connectivity index (χ0n) is 23.5. The Morgan fingerprint density at radius 3 is 1.58 bits per heavy atom. The van der Waals surface area contributed by atoms with Crippen LogP contribution >= 0.6 is 0 Å². The molecule has 7 heteroatoms. The van der Waals surface area contributed by atoms with Crippen LogP contribution in [0.25, 0.3) is 0 Å². The van der Waals surface area contributed by atoms with Gasteiger partial charge in [0.05, 0.1) is 0 Å². The second kappa shape index (κ2) is 19.5. The Balaban J connectivity index is 2.84. The van der Waals surface area contributed by atoms with Crippen LogP contribution in [-0.4, -0.2) is 31.8 Å². The van der Waals surface area contributed by atoms with Gasteiger partial charge < -0.3 is 5.32 Å². The fraction of sp³-hybridized carbons (Fsp3) is 0.759. The van der Waals surface area contributed by atoms with Gasteiger partial charge in [-0.3, -0.25) is 0 Å². The standard InChI is InChI=1S/C29H53N3O3S/c1-5-9-11-13-15-17-24-32(25-18-16-14-12-10-6-2)36(34,35)31-29(33)30-28-26(20-7-3)22-19-23-27(28)21-8-4/h19,22-23H,5-18,20-21,24-25H2,1-4H3,(H2,30,31,33). The lowest BCUT2D eigenvalue weighted by Crippen LogP contribution is -2.46. The summed E-state index contributed by atoms with van der Waals surface area (Å²) in [4.78, 5) is 12.9. The van der Waals surface area contributed by atoms with Gasteiger partial charge >= 0.3 is 16.2 Å². The molecule has 0 aliphatic carbocycles. The molecule has 2 N–H and O–H groups in total. The summed E-state index contributed by atoms with van der Waals surface area (Å²) in [6.45, 7) is 9.50. The van der Waals surface area contributed by atoms with Crippen LogP contribution < -0.4 is 10.0 Å². The quantitative estimate of drug-likeness (QED) is 0.160. The van der Waals surface area contributed by atoms with Crippen LogP contribution in [0.2, 0.25) is 0 Å². The lowest BCUT2D eigenvalue weighted by molar-refractivity contribution is 0.255. The number of anilines is 1. The number of urea groups is 1. The molecular weight excluding hydrogens is 470 g/mol. The first-order chi connectivity index (χ1) is 17.4. The number of hydrogen-bond donors (Lipinski definition) is 2. The molecule has 0 spiro atoms. The van der Waals surface area contributed by atoms with Crippen molar-refractivity contribution in [2.45, 2.75) is 130 Å². The predicted octanol–water partition coefficient (Wildman–Crippen LogP) is 7.98. The van der Waals surface area contributed by atoms with Gasteiger partial charge in [-0.05, 0) is 36.8 Å². The lowest BCUT2D eigenvalue weighted by Gasteiger charge is -2.23. The lowest BCUT2D eigenvalue weighted by atomic mass is 10.0. The molecule has 0 aromatic heterocycles. The molecule has 0 saturated carbocycles. The number of rotatable bonds is 21. The van der Waals surface area contributed by atoms with Gasteiger partial charge in [-0.25, -0.2) is 9.52 Å². The summed E-state index contributed by atoms with van der Waals surface area (Å²) in [6, 6.07) is 5.36. The molecule has 1 rings (SSSR count). The SMILES string of the molecule is CCCCCCCCN(CCCCCCCC)S(=O)(=O)NC(=O)Nc1c(CCC)cccc1CCC. The highest BCUT2D eigenvalue weighted by atomic mass is 32.2. The van der Waals surface area contributed by atoms with Crippen molar-refractivity contribution in [1.82, 2.24) is 9.03 Å². The van der Waals surface area contributed by atoms with Crippen LogP contribution in [0.15, 0.2) is 18.2 Å².